The lowest BCUT2D eigenvalue weighted by Crippen LogP contribution is -2.38. The second kappa shape index (κ2) is 7.64. The second-order valence-corrected chi connectivity index (χ2v) is 8.46. The summed E-state index contributed by atoms with van der Waals surface area (Å²) in [6.45, 7) is 5.08. The molecule has 1 amide bonds. The molecule has 3 heterocycles. The van der Waals surface area contributed by atoms with Gasteiger partial charge in [0.05, 0.1) is 21.0 Å². The van der Waals surface area contributed by atoms with Gasteiger partial charge < -0.3 is 10.2 Å². The summed E-state index contributed by atoms with van der Waals surface area (Å²) in [5.74, 6) is 0.160. The summed E-state index contributed by atoms with van der Waals surface area (Å²) >= 11 is 7.37. The highest BCUT2D eigenvalue weighted by molar-refractivity contribution is 7.20. The van der Waals surface area contributed by atoms with Gasteiger partial charge in [0.1, 0.15) is 22.8 Å². The zero-order valence-electron chi connectivity index (χ0n) is 15.6. The molecule has 28 heavy (non-hydrogen) atoms. The number of fused-ring (bicyclic) bond motifs is 1. The smallest absolute Gasteiger partial charge is 0.266 e. The molecule has 0 aliphatic carbocycles. The molecule has 0 unspecified atom stereocenters. The van der Waals surface area contributed by atoms with E-state index in [0.29, 0.717) is 16.6 Å². The maximum absolute atomic E-state index is 13.2. The Labute approximate surface area is 171 Å². The number of hydrogen-bond donors (Lipinski definition) is 1. The van der Waals surface area contributed by atoms with E-state index in [4.69, 9.17) is 11.6 Å². The Balaban J connectivity index is 1.71. The summed E-state index contributed by atoms with van der Waals surface area (Å²) in [4.78, 5) is 25.5. The number of aryl methyl sites for hydroxylation is 1. The molecule has 1 fully saturated rings. The molecule has 5 nitrogen and oxygen atoms in total. The van der Waals surface area contributed by atoms with Crippen LogP contribution >= 0.6 is 22.9 Å². The van der Waals surface area contributed by atoms with Gasteiger partial charge in [0.25, 0.3) is 5.91 Å². The van der Waals surface area contributed by atoms with Gasteiger partial charge in [-0.05, 0) is 56.9 Å². The number of carbonyl (C=O) groups excluding carboxylic acids is 1. The van der Waals surface area contributed by atoms with Gasteiger partial charge in [-0.25, -0.2) is 14.4 Å². The van der Waals surface area contributed by atoms with Gasteiger partial charge >= 0.3 is 0 Å². The van der Waals surface area contributed by atoms with E-state index in [1.54, 1.807) is 6.33 Å². The number of hydrogen-bond acceptors (Lipinski definition) is 5. The Morgan fingerprint density at radius 2 is 2.18 bits per heavy atom. The highest BCUT2D eigenvalue weighted by atomic mass is 35.5. The van der Waals surface area contributed by atoms with Crippen LogP contribution in [0.25, 0.3) is 10.2 Å². The molecule has 4 rings (SSSR count). The lowest BCUT2D eigenvalue weighted by Gasteiger charge is -2.34. The van der Waals surface area contributed by atoms with Crippen LogP contribution in [-0.2, 0) is 0 Å². The molecule has 1 aliphatic heterocycles. The predicted octanol–water partition coefficient (Wildman–Crippen LogP) is 5.42. The molecule has 8 heteroatoms. The molecular weight excluding hydrogens is 399 g/mol. The molecule has 2 aromatic heterocycles. The van der Waals surface area contributed by atoms with Crippen LogP contribution in [0.3, 0.4) is 0 Å². The molecule has 1 aromatic carbocycles. The fourth-order valence-corrected chi connectivity index (χ4v) is 4.92. The fraction of sp³-hybridized carbons (Fsp3) is 0.350. The third kappa shape index (κ3) is 3.44. The number of halogens is 2. The SMILES string of the molecule is Cc1c(C(=O)Nc2ccc(F)cc2Cl)sc2ncnc(N3CCCC[C@@H]3C)c12. The van der Waals surface area contributed by atoms with Crippen molar-refractivity contribution in [2.75, 3.05) is 16.8 Å². The van der Waals surface area contributed by atoms with Crippen LogP contribution < -0.4 is 10.2 Å². The molecule has 146 valence electrons. The largest absolute Gasteiger partial charge is 0.353 e. The van der Waals surface area contributed by atoms with Crippen molar-refractivity contribution in [2.45, 2.75) is 39.2 Å². The minimum absolute atomic E-state index is 0.162. The first-order chi connectivity index (χ1) is 13.5. The Morgan fingerprint density at radius 3 is 2.93 bits per heavy atom. The quantitative estimate of drug-likeness (QED) is 0.616. The van der Waals surface area contributed by atoms with E-state index < -0.39 is 5.82 Å². The Kier molecular flexibility index (Phi) is 5.21. The molecule has 1 N–H and O–H groups in total. The van der Waals surface area contributed by atoms with Gasteiger partial charge in [0, 0.05) is 12.6 Å². The van der Waals surface area contributed by atoms with E-state index in [1.807, 2.05) is 6.92 Å². The number of amides is 1. The van der Waals surface area contributed by atoms with Gasteiger partial charge in [0.2, 0.25) is 0 Å². The Bertz CT molecular complexity index is 1050. The number of anilines is 2. The van der Waals surface area contributed by atoms with Crippen LogP contribution in [0.2, 0.25) is 5.02 Å². The molecule has 0 radical (unpaired) electrons. The van der Waals surface area contributed by atoms with E-state index in [-0.39, 0.29) is 10.9 Å². The van der Waals surface area contributed by atoms with Gasteiger partial charge in [-0.1, -0.05) is 11.6 Å². The van der Waals surface area contributed by atoms with Crippen molar-refractivity contribution in [2.24, 2.45) is 0 Å². The van der Waals surface area contributed by atoms with Crippen LogP contribution in [-0.4, -0.2) is 28.5 Å². The molecule has 0 spiro atoms. The lowest BCUT2D eigenvalue weighted by molar-refractivity contribution is 0.103. The van der Waals surface area contributed by atoms with Crippen LogP contribution in [0.15, 0.2) is 24.5 Å². The number of nitrogens with zero attached hydrogens (tertiary/aromatic N) is 3. The maximum atomic E-state index is 13.2. The third-order valence-electron chi connectivity index (χ3n) is 5.17. The van der Waals surface area contributed by atoms with E-state index in [0.717, 1.165) is 41.0 Å². The molecule has 1 atom stereocenters. The van der Waals surface area contributed by atoms with Crippen LogP contribution in [0.5, 0.6) is 0 Å². The normalized spacial score (nSPS) is 17.1. The van der Waals surface area contributed by atoms with Crippen LogP contribution in [0.4, 0.5) is 15.9 Å². The second-order valence-electron chi connectivity index (χ2n) is 7.05. The highest BCUT2D eigenvalue weighted by Gasteiger charge is 2.26. The number of carbonyl (C=O) groups is 1. The molecule has 0 saturated carbocycles. The maximum Gasteiger partial charge on any atom is 0.266 e. The summed E-state index contributed by atoms with van der Waals surface area (Å²) in [7, 11) is 0. The summed E-state index contributed by atoms with van der Waals surface area (Å²) in [5.41, 5.74) is 1.23. The Hall–Kier alpha value is -2.25. The average Bonchev–Trinajstić information content (AvgIpc) is 3.01. The van der Waals surface area contributed by atoms with E-state index in [2.05, 4.69) is 27.1 Å². The van der Waals surface area contributed by atoms with Crippen molar-refractivity contribution in [3.8, 4) is 0 Å². The van der Waals surface area contributed by atoms with Gasteiger partial charge in [-0.2, -0.15) is 0 Å². The molecule has 0 bridgehead atoms. The first-order valence-electron chi connectivity index (χ1n) is 9.23. The van der Waals surface area contributed by atoms with Gasteiger partial charge in [0.15, 0.2) is 0 Å². The van der Waals surface area contributed by atoms with Gasteiger partial charge in [-0.3, -0.25) is 4.79 Å². The van der Waals surface area contributed by atoms with Crippen molar-refractivity contribution >= 4 is 50.6 Å². The standard InChI is InChI=1S/C20H20ClFN4OS/c1-11-5-3-4-8-26(11)18-16-12(2)17(28-20(16)24-10-23-18)19(27)25-15-7-6-13(22)9-14(15)21/h6-7,9-11H,3-5,8H2,1-2H3,(H,25,27)/t11-/m0/s1. The van der Waals surface area contributed by atoms with Crippen molar-refractivity contribution in [1.82, 2.24) is 9.97 Å². The summed E-state index contributed by atoms with van der Waals surface area (Å²) in [6.07, 6.45) is 5.05. The van der Waals surface area contributed by atoms with Crippen molar-refractivity contribution in [3.63, 3.8) is 0 Å². The fourth-order valence-electron chi connectivity index (χ4n) is 3.67. The predicted molar refractivity (Wildman–Crippen MR) is 112 cm³/mol. The molecular formula is C20H20ClFN4OS. The van der Waals surface area contributed by atoms with E-state index >= 15 is 0 Å². The number of benzene rings is 1. The van der Waals surface area contributed by atoms with Crippen molar-refractivity contribution < 1.29 is 9.18 Å². The van der Waals surface area contributed by atoms with Gasteiger partial charge in [-0.15, -0.1) is 11.3 Å². The van der Waals surface area contributed by atoms with E-state index in [1.165, 1.54) is 36.0 Å². The first kappa shape index (κ1) is 19.1. The summed E-state index contributed by atoms with van der Waals surface area (Å²) in [6, 6.07) is 4.30. The molecule has 1 saturated heterocycles. The average molecular weight is 419 g/mol. The number of thiophene rings is 1. The minimum atomic E-state index is -0.448. The zero-order chi connectivity index (χ0) is 19.8. The number of rotatable bonds is 3. The van der Waals surface area contributed by atoms with Crippen molar-refractivity contribution in [1.29, 1.82) is 0 Å². The summed E-state index contributed by atoms with van der Waals surface area (Å²) in [5, 5.41) is 3.86. The lowest BCUT2D eigenvalue weighted by atomic mass is 10.0. The first-order valence-corrected chi connectivity index (χ1v) is 10.4. The minimum Gasteiger partial charge on any atom is -0.353 e. The van der Waals surface area contributed by atoms with E-state index in [9.17, 15) is 9.18 Å². The number of nitrogens with one attached hydrogen (secondary N) is 1. The zero-order valence-corrected chi connectivity index (χ0v) is 17.2. The van der Waals surface area contributed by atoms with Crippen LogP contribution in [0, 0.1) is 12.7 Å². The van der Waals surface area contributed by atoms with Crippen LogP contribution in [0.1, 0.15) is 41.4 Å². The molecule has 3 aromatic rings. The Morgan fingerprint density at radius 1 is 1.36 bits per heavy atom. The molecule has 1 aliphatic rings. The van der Waals surface area contributed by atoms with Crippen molar-refractivity contribution in [3.05, 3.63) is 45.8 Å². The third-order valence-corrected chi connectivity index (χ3v) is 6.68. The topological polar surface area (TPSA) is 58.1 Å². The monoisotopic (exact) mass is 418 g/mol. The summed E-state index contributed by atoms with van der Waals surface area (Å²) < 4.78 is 13.2. The number of aromatic nitrogens is 2. The number of piperidine rings is 1. The highest BCUT2D eigenvalue weighted by Crippen LogP contribution is 2.37.